The second kappa shape index (κ2) is 7.12. The summed E-state index contributed by atoms with van der Waals surface area (Å²) in [5.41, 5.74) is 4.06. The summed E-state index contributed by atoms with van der Waals surface area (Å²) in [6.45, 7) is 7.25. The van der Waals surface area contributed by atoms with Crippen LogP contribution in [0.15, 0.2) is 60.8 Å². The molecule has 1 aliphatic heterocycles. The number of para-hydroxylation sites is 1. The highest BCUT2D eigenvalue weighted by Crippen LogP contribution is 2.41. The van der Waals surface area contributed by atoms with Crippen molar-refractivity contribution in [1.29, 1.82) is 0 Å². The molecule has 26 heavy (non-hydrogen) atoms. The van der Waals surface area contributed by atoms with Gasteiger partial charge in [-0.15, -0.1) is 0 Å². The van der Waals surface area contributed by atoms with Crippen molar-refractivity contribution >= 4 is 22.8 Å². The molecule has 0 saturated carbocycles. The number of fused-ring (bicyclic) bond motifs is 1. The summed E-state index contributed by atoms with van der Waals surface area (Å²) in [5.74, 6) is 0. The molecule has 0 bridgehead atoms. The lowest BCUT2D eigenvalue weighted by Gasteiger charge is -2.15. The number of nitro groups is 1. The molecule has 2 aromatic rings. The zero-order valence-electron chi connectivity index (χ0n) is 15.4. The van der Waals surface area contributed by atoms with Gasteiger partial charge in [0.1, 0.15) is 6.54 Å². The molecule has 134 valence electrons. The van der Waals surface area contributed by atoms with Crippen molar-refractivity contribution in [1.82, 2.24) is 0 Å². The molecule has 5 heteroatoms. The van der Waals surface area contributed by atoms with Crippen LogP contribution in [-0.2, 0) is 5.41 Å². The first-order chi connectivity index (χ1) is 12.4. The Morgan fingerprint density at radius 2 is 1.92 bits per heavy atom. The van der Waals surface area contributed by atoms with Crippen molar-refractivity contribution in [3.63, 3.8) is 0 Å². The molecule has 0 amide bonds. The molecule has 0 aromatic heterocycles. The number of non-ortho nitro benzene ring substituents is 1. The van der Waals surface area contributed by atoms with Crippen LogP contribution in [-0.4, -0.2) is 21.8 Å². The van der Waals surface area contributed by atoms with Crippen molar-refractivity contribution in [2.24, 2.45) is 0 Å². The lowest BCUT2D eigenvalue weighted by Crippen LogP contribution is -2.28. The molecule has 0 unspecified atom stereocenters. The maximum Gasteiger partial charge on any atom is 0.270 e. The largest absolute Gasteiger partial charge is 0.361 e. The topological polar surface area (TPSA) is 58.2 Å². The van der Waals surface area contributed by atoms with E-state index in [1.807, 2.05) is 42.6 Å². The third-order valence-corrected chi connectivity index (χ3v) is 4.80. The number of hydrogen-bond acceptors (Lipinski definition) is 3. The van der Waals surface area contributed by atoms with E-state index in [0.29, 0.717) is 0 Å². The van der Waals surface area contributed by atoms with Crippen molar-refractivity contribution in [3.05, 3.63) is 76.5 Å². The number of nitro benzene ring substituents is 1. The van der Waals surface area contributed by atoms with Gasteiger partial charge in [0, 0.05) is 48.1 Å². The van der Waals surface area contributed by atoms with Crippen LogP contribution in [0.1, 0.15) is 32.8 Å². The molecule has 0 spiro atoms. The summed E-state index contributed by atoms with van der Waals surface area (Å²) >= 11 is 0. The molecule has 0 atom stereocenters. The first-order valence-corrected chi connectivity index (χ1v) is 8.87. The third kappa shape index (κ3) is 3.25. The van der Waals surface area contributed by atoms with Gasteiger partial charge in [0.25, 0.3) is 5.69 Å². The molecule has 2 aromatic carbocycles. The Morgan fingerprint density at radius 1 is 1.19 bits per heavy atom. The molecular weight excluding hydrogens is 326 g/mol. The van der Waals surface area contributed by atoms with Gasteiger partial charge in [-0.1, -0.05) is 25.1 Å². The van der Waals surface area contributed by atoms with Crippen LogP contribution >= 0.6 is 0 Å². The molecule has 0 saturated heterocycles. The van der Waals surface area contributed by atoms with Crippen molar-refractivity contribution in [3.8, 4) is 0 Å². The van der Waals surface area contributed by atoms with E-state index >= 15 is 0 Å². The normalized spacial score (nSPS) is 15.3. The van der Waals surface area contributed by atoms with Crippen LogP contribution < -0.4 is 5.32 Å². The SMILES string of the molecule is CCC[N+]1=C(/C=C/Nc2ccccc2)C(C)(C)c2cc([N+](=O)[O-])ccc21. The van der Waals surface area contributed by atoms with E-state index < -0.39 is 0 Å². The van der Waals surface area contributed by atoms with E-state index in [2.05, 4.69) is 36.7 Å². The van der Waals surface area contributed by atoms with Crippen LogP contribution in [0, 0.1) is 10.1 Å². The van der Waals surface area contributed by atoms with Gasteiger partial charge >= 0.3 is 0 Å². The fraction of sp³-hybridized carbons (Fsp3) is 0.286. The predicted molar refractivity (Wildman–Crippen MR) is 105 cm³/mol. The van der Waals surface area contributed by atoms with Crippen LogP contribution in [0.5, 0.6) is 0 Å². The molecule has 1 heterocycles. The number of nitrogens with one attached hydrogen (secondary N) is 1. The molecular formula is C21H24N3O2+. The summed E-state index contributed by atoms with van der Waals surface area (Å²) < 4.78 is 2.27. The van der Waals surface area contributed by atoms with E-state index in [0.717, 1.165) is 35.6 Å². The lowest BCUT2D eigenvalue weighted by molar-refractivity contribution is -0.437. The predicted octanol–water partition coefficient (Wildman–Crippen LogP) is 5.01. The van der Waals surface area contributed by atoms with Gasteiger partial charge in [-0.05, 0) is 26.0 Å². The Bertz CT molecular complexity index is 883. The van der Waals surface area contributed by atoms with Crippen LogP contribution in [0.4, 0.5) is 17.1 Å². The fourth-order valence-electron chi connectivity index (χ4n) is 3.49. The first-order valence-electron chi connectivity index (χ1n) is 8.87. The van der Waals surface area contributed by atoms with E-state index in [1.165, 1.54) is 0 Å². The average molecular weight is 350 g/mol. The quantitative estimate of drug-likeness (QED) is 0.453. The number of anilines is 1. The van der Waals surface area contributed by atoms with Crippen molar-refractivity contribution in [2.75, 3.05) is 11.9 Å². The van der Waals surface area contributed by atoms with Crippen LogP contribution in [0.25, 0.3) is 0 Å². The van der Waals surface area contributed by atoms with E-state index in [-0.39, 0.29) is 16.0 Å². The van der Waals surface area contributed by atoms with E-state index in [9.17, 15) is 10.1 Å². The van der Waals surface area contributed by atoms with Gasteiger partial charge in [-0.2, -0.15) is 4.58 Å². The lowest BCUT2D eigenvalue weighted by atomic mass is 9.81. The number of nitrogens with zero attached hydrogens (tertiary/aromatic N) is 2. The monoisotopic (exact) mass is 350 g/mol. The minimum absolute atomic E-state index is 0.140. The van der Waals surface area contributed by atoms with Gasteiger partial charge in [-0.3, -0.25) is 10.1 Å². The first kappa shape index (κ1) is 17.9. The molecule has 0 radical (unpaired) electrons. The Balaban J connectivity index is 1.98. The molecule has 0 aliphatic carbocycles. The Hall–Kier alpha value is -2.95. The zero-order chi connectivity index (χ0) is 18.7. The highest BCUT2D eigenvalue weighted by molar-refractivity contribution is 6.03. The number of allylic oxidation sites excluding steroid dienone is 1. The second-order valence-electron chi connectivity index (χ2n) is 6.96. The Morgan fingerprint density at radius 3 is 2.58 bits per heavy atom. The van der Waals surface area contributed by atoms with Crippen molar-refractivity contribution < 1.29 is 9.50 Å². The highest BCUT2D eigenvalue weighted by atomic mass is 16.6. The summed E-state index contributed by atoms with van der Waals surface area (Å²) in [7, 11) is 0. The highest BCUT2D eigenvalue weighted by Gasteiger charge is 2.44. The van der Waals surface area contributed by atoms with Gasteiger partial charge in [0.15, 0.2) is 5.71 Å². The maximum atomic E-state index is 11.2. The maximum absolute atomic E-state index is 11.2. The number of rotatable bonds is 6. The molecule has 1 aliphatic rings. The molecule has 3 rings (SSSR count). The molecule has 0 fully saturated rings. The van der Waals surface area contributed by atoms with Gasteiger partial charge in [-0.25, -0.2) is 0 Å². The van der Waals surface area contributed by atoms with Gasteiger partial charge in [0.05, 0.1) is 10.3 Å². The Labute approximate surface area is 153 Å². The van der Waals surface area contributed by atoms with Crippen molar-refractivity contribution in [2.45, 2.75) is 32.6 Å². The second-order valence-corrected chi connectivity index (χ2v) is 6.96. The smallest absolute Gasteiger partial charge is 0.270 e. The van der Waals surface area contributed by atoms with Crippen LogP contribution in [0.3, 0.4) is 0 Å². The van der Waals surface area contributed by atoms with E-state index in [4.69, 9.17) is 0 Å². The number of hydrogen-bond donors (Lipinski definition) is 1. The van der Waals surface area contributed by atoms with Gasteiger partial charge < -0.3 is 5.32 Å². The zero-order valence-corrected chi connectivity index (χ0v) is 15.4. The number of benzene rings is 2. The summed E-state index contributed by atoms with van der Waals surface area (Å²) in [4.78, 5) is 10.9. The van der Waals surface area contributed by atoms with Crippen LogP contribution in [0.2, 0.25) is 0 Å². The average Bonchev–Trinajstić information content (AvgIpc) is 2.84. The van der Waals surface area contributed by atoms with E-state index in [1.54, 1.807) is 12.1 Å². The standard InChI is InChI=1S/C21H23N3O2/c1-4-14-23-19-11-10-17(24(25)26)15-18(19)21(2,3)20(23)12-13-22-16-8-6-5-7-9-16/h5-13,15H,4,14H2,1-3H3/p+1. The third-order valence-electron chi connectivity index (χ3n) is 4.80. The minimum Gasteiger partial charge on any atom is -0.361 e. The summed E-state index contributed by atoms with van der Waals surface area (Å²) in [6, 6.07) is 15.2. The summed E-state index contributed by atoms with van der Waals surface area (Å²) in [5, 5.41) is 14.5. The molecule has 1 N–H and O–H groups in total. The summed E-state index contributed by atoms with van der Waals surface area (Å²) in [6.07, 6.45) is 5.01. The minimum atomic E-state index is -0.328. The Kier molecular flexibility index (Phi) is 4.89. The molecule has 5 nitrogen and oxygen atoms in total. The van der Waals surface area contributed by atoms with Gasteiger partial charge in [0.2, 0.25) is 5.69 Å². The fourth-order valence-corrected chi connectivity index (χ4v) is 3.49.